The second-order valence-corrected chi connectivity index (χ2v) is 3.56. The number of carboxylic acid groups (broad SMARTS) is 1. The number of aliphatic carboxylic acids is 1. The third-order valence-electron chi connectivity index (χ3n) is 1.91. The molecule has 0 saturated carbocycles. The summed E-state index contributed by atoms with van der Waals surface area (Å²) in [5, 5.41) is 24.9. The third-order valence-corrected chi connectivity index (χ3v) is 1.91. The minimum Gasteiger partial charge on any atom is -0.479 e. The molecule has 6 nitrogen and oxygen atoms in total. The van der Waals surface area contributed by atoms with Gasteiger partial charge in [0.05, 0.1) is 6.10 Å². The van der Waals surface area contributed by atoms with E-state index in [-0.39, 0.29) is 6.10 Å². The minimum atomic E-state index is -1.23. The molecule has 5 N–H and O–H groups in total. The third kappa shape index (κ3) is 12.5. The molecule has 0 spiro atoms. The zero-order chi connectivity index (χ0) is 14.0. The largest absolute Gasteiger partial charge is 0.479 e. The first-order valence-corrected chi connectivity index (χ1v) is 5.27. The second kappa shape index (κ2) is 9.80. The van der Waals surface area contributed by atoms with Crippen LogP contribution >= 0.6 is 0 Å². The Morgan fingerprint density at radius 3 is 2.00 bits per heavy atom. The first-order valence-electron chi connectivity index (χ1n) is 5.27. The molecule has 0 fully saturated rings. The van der Waals surface area contributed by atoms with Crippen molar-refractivity contribution in [2.45, 2.75) is 45.8 Å². The molecular weight excluding hydrogens is 226 g/mol. The van der Waals surface area contributed by atoms with Crippen molar-refractivity contribution in [3.05, 3.63) is 11.6 Å². The molecule has 17 heavy (non-hydrogen) atoms. The van der Waals surface area contributed by atoms with Gasteiger partial charge in [0.25, 0.3) is 0 Å². The van der Waals surface area contributed by atoms with Gasteiger partial charge in [0.1, 0.15) is 6.10 Å². The molecule has 2 atom stereocenters. The van der Waals surface area contributed by atoms with Crippen molar-refractivity contribution in [1.82, 2.24) is 0 Å². The normalized spacial score (nSPS) is 14.3. The van der Waals surface area contributed by atoms with Gasteiger partial charge >= 0.3 is 5.97 Å². The summed E-state index contributed by atoms with van der Waals surface area (Å²) in [7, 11) is 0. The van der Waals surface area contributed by atoms with Crippen LogP contribution < -0.4 is 5.73 Å². The summed E-state index contributed by atoms with van der Waals surface area (Å²) in [6.45, 7) is 4.73. The highest BCUT2D eigenvalue weighted by atomic mass is 16.4. The second-order valence-electron chi connectivity index (χ2n) is 3.56. The predicted octanol–water partition coefficient (Wildman–Crippen LogP) is 0.0308. The Balaban J connectivity index is 0. The molecule has 0 aromatic carbocycles. The van der Waals surface area contributed by atoms with E-state index >= 15 is 0 Å². The predicted molar refractivity (Wildman–Crippen MR) is 63.2 cm³/mol. The molecule has 100 valence electrons. The van der Waals surface area contributed by atoms with E-state index in [1.165, 1.54) is 6.92 Å². The van der Waals surface area contributed by atoms with E-state index in [4.69, 9.17) is 21.1 Å². The van der Waals surface area contributed by atoms with Crippen LogP contribution in [0.4, 0.5) is 0 Å². The average molecular weight is 247 g/mol. The molecule has 0 aromatic heterocycles. The summed E-state index contributed by atoms with van der Waals surface area (Å²) in [6.07, 6.45) is 1.28. The van der Waals surface area contributed by atoms with Crippen LogP contribution in [-0.2, 0) is 9.59 Å². The van der Waals surface area contributed by atoms with Crippen LogP contribution in [0, 0.1) is 0 Å². The Bertz CT molecular complexity index is 273. The van der Waals surface area contributed by atoms with E-state index in [1.807, 2.05) is 6.92 Å². The number of aliphatic hydroxyl groups excluding tert-OH is 2. The fourth-order valence-electron chi connectivity index (χ4n) is 0.580. The first kappa shape index (κ1) is 18.0. The number of hydrogen-bond acceptors (Lipinski definition) is 4. The fourth-order valence-corrected chi connectivity index (χ4v) is 0.580. The lowest BCUT2D eigenvalue weighted by Gasteiger charge is -2.02. The van der Waals surface area contributed by atoms with E-state index in [2.05, 4.69) is 0 Å². The van der Waals surface area contributed by atoms with Crippen molar-refractivity contribution in [2.24, 2.45) is 5.73 Å². The molecule has 1 amide bonds. The maximum Gasteiger partial charge on any atom is 0.332 e. The van der Waals surface area contributed by atoms with Crippen LogP contribution in [0.3, 0.4) is 0 Å². The molecule has 0 radical (unpaired) electrons. The lowest BCUT2D eigenvalue weighted by molar-refractivity contribution is -0.145. The lowest BCUT2D eigenvalue weighted by atomic mass is 10.1. The number of nitrogens with two attached hydrogens (primary N) is 1. The fraction of sp³-hybridized carbons (Fsp3) is 0.636. The Morgan fingerprint density at radius 2 is 1.76 bits per heavy atom. The van der Waals surface area contributed by atoms with E-state index in [0.717, 1.165) is 0 Å². The molecule has 0 rings (SSSR count). The quantitative estimate of drug-likeness (QED) is 0.511. The smallest absolute Gasteiger partial charge is 0.332 e. The number of carboxylic acids is 1. The summed E-state index contributed by atoms with van der Waals surface area (Å²) in [5.41, 5.74) is 5.49. The van der Waals surface area contributed by atoms with Crippen LogP contribution in [-0.4, -0.2) is 39.4 Å². The molecule has 0 saturated heterocycles. The maximum atomic E-state index is 10.5. The minimum absolute atomic E-state index is 0.357. The van der Waals surface area contributed by atoms with Crippen LogP contribution in [0.15, 0.2) is 11.6 Å². The van der Waals surface area contributed by atoms with Gasteiger partial charge in [-0.2, -0.15) is 0 Å². The van der Waals surface area contributed by atoms with Crippen molar-refractivity contribution in [1.29, 1.82) is 0 Å². The zero-order valence-electron chi connectivity index (χ0n) is 10.4. The molecule has 0 aromatic rings. The highest BCUT2D eigenvalue weighted by Gasteiger charge is 2.01. The number of rotatable bonds is 5. The van der Waals surface area contributed by atoms with Gasteiger partial charge in [-0.15, -0.1) is 0 Å². The summed E-state index contributed by atoms with van der Waals surface area (Å²) in [4.78, 5) is 19.9. The van der Waals surface area contributed by atoms with Crippen molar-refractivity contribution < 1.29 is 24.9 Å². The average Bonchev–Trinajstić information content (AvgIpc) is 2.25. The molecule has 2 unspecified atom stereocenters. The topological polar surface area (TPSA) is 121 Å². The zero-order valence-corrected chi connectivity index (χ0v) is 10.4. The summed E-state index contributed by atoms with van der Waals surface area (Å²) in [6, 6.07) is 0. The lowest BCUT2D eigenvalue weighted by Crippen LogP contribution is -2.13. The van der Waals surface area contributed by atoms with Crippen LogP contribution in [0.2, 0.25) is 0 Å². The number of carbonyl (C=O) groups is 2. The van der Waals surface area contributed by atoms with Crippen molar-refractivity contribution in [3.8, 4) is 0 Å². The van der Waals surface area contributed by atoms with Gasteiger partial charge in [-0.1, -0.05) is 13.0 Å². The van der Waals surface area contributed by atoms with Gasteiger partial charge in [0.15, 0.2) is 0 Å². The van der Waals surface area contributed by atoms with Crippen molar-refractivity contribution >= 4 is 11.9 Å². The molecular formula is C11H21NO5. The number of aliphatic hydroxyl groups is 2. The van der Waals surface area contributed by atoms with E-state index in [9.17, 15) is 9.59 Å². The van der Waals surface area contributed by atoms with Gasteiger partial charge in [-0.3, -0.25) is 4.79 Å². The van der Waals surface area contributed by atoms with Crippen LogP contribution in [0.25, 0.3) is 0 Å². The number of primary amides is 1. The molecule has 0 aliphatic rings. The van der Waals surface area contributed by atoms with Crippen LogP contribution in [0.5, 0.6) is 0 Å². The maximum absolute atomic E-state index is 10.5. The van der Waals surface area contributed by atoms with Crippen molar-refractivity contribution in [3.63, 3.8) is 0 Å². The Hall–Kier alpha value is -1.40. The van der Waals surface area contributed by atoms with E-state index < -0.39 is 18.0 Å². The summed E-state index contributed by atoms with van der Waals surface area (Å²) in [5.74, 6) is -1.61. The van der Waals surface area contributed by atoms with E-state index in [0.29, 0.717) is 18.4 Å². The Kier molecular flexibility index (Phi) is 10.4. The summed E-state index contributed by atoms with van der Waals surface area (Å²) < 4.78 is 0. The number of carbonyl (C=O) groups excluding carboxylic acids is 1. The Labute approximate surface area is 101 Å². The molecule has 0 aliphatic carbocycles. The molecule has 0 bridgehead atoms. The molecule has 0 aliphatic heterocycles. The standard InChI is InChI=1S/C8H15NO2.C3H6O3/c1-3-7(10)5-4-6(2)8(9)11;1-2(4)3(5)6/h4,7,10H,3,5H2,1-2H3,(H2,9,11);2,4H,1H3,(H,5,6). The van der Waals surface area contributed by atoms with Gasteiger partial charge in [0, 0.05) is 5.57 Å². The summed E-state index contributed by atoms with van der Waals surface area (Å²) >= 11 is 0. The first-order chi connectivity index (χ1) is 7.72. The van der Waals surface area contributed by atoms with Gasteiger partial charge < -0.3 is 21.1 Å². The highest BCUT2D eigenvalue weighted by Crippen LogP contribution is 2.01. The highest BCUT2D eigenvalue weighted by molar-refractivity contribution is 5.91. The van der Waals surface area contributed by atoms with E-state index in [1.54, 1.807) is 13.0 Å². The SMILES string of the molecule is CC(O)C(=O)O.CCC(O)CC=C(C)C(N)=O. The number of amides is 1. The van der Waals surface area contributed by atoms with Crippen LogP contribution in [0.1, 0.15) is 33.6 Å². The van der Waals surface area contributed by atoms with Gasteiger partial charge in [0.2, 0.25) is 5.91 Å². The van der Waals surface area contributed by atoms with Crippen molar-refractivity contribution in [2.75, 3.05) is 0 Å². The number of hydrogen-bond donors (Lipinski definition) is 4. The molecule has 6 heteroatoms. The Morgan fingerprint density at radius 1 is 1.35 bits per heavy atom. The monoisotopic (exact) mass is 247 g/mol. The van der Waals surface area contributed by atoms with Gasteiger partial charge in [-0.05, 0) is 26.7 Å². The molecule has 0 heterocycles. The van der Waals surface area contributed by atoms with Gasteiger partial charge in [-0.25, -0.2) is 4.79 Å².